The fourth-order valence-corrected chi connectivity index (χ4v) is 1.48. The summed E-state index contributed by atoms with van der Waals surface area (Å²) < 4.78 is 18.7. The number of nitrogen functional groups attached to an aromatic ring is 1. The highest BCUT2D eigenvalue weighted by atomic mass is 19.1. The van der Waals surface area contributed by atoms with Crippen LogP contribution in [-0.2, 0) is 0 Å². The van der Waals surface area contributed by atoms with E-state index in [0.717, 1.165) is 0 Å². The van der Waals surface area contributed by atoms with Crippen LogP contribution in [0.4, 0.5) is 15.8 Å². The number of hydrogen-bond donors (Lipinski definition) is 3. The van der Waals surface area contributed by atoms with E-state index in [9.17, 15) is 9.50 Å². The molecule has 0 amide bonds. The zero-order valence-corrected chi connectivity index (χ0v) is 10.3. The van der Waals surface area contributed by atoms with E-state index in [2.05, 4.69) is 5.32 Å². The van der Waals surface area contributed by atoms with Gasteiger partial charge in [-0.1, -0.05) is 13.8 Å². The fraction of sp³-hybridized carbons (Fsp3) is 0.500. The molecule has 0 heterocycles. The molecule has 5 heteroatoms. The van der Waals surface area contributed by atoms with Crippen LogP contribution in [0.25, 0.3) is 0 Å². The predicted molar refractivity (Wildman–Crippen MR) is 66.7 cm³/mol. The van der Waals surface area contributed by atoms with Crippen LogP contribution in [0.15, 0.2) is 12.1 Å². The number of aliphatic hydroxyl groups is 1. The average molecular weight is 242 g/mol. The molecule has 0 aliphatic heterocycles. The van der Waals surface area contributed by atoms with Gasteiger partial charge in [0.05, 0.1) is 31.1 Å². The van der Waals surface area contributed by atoms with Crippen LogP contribution in [0.1, 0.15) is 13.8 Å². The van der Waals surface area contributed by atoms with Crippen molar-refractivity contribution >= 4 is 11.4 Å². The maximum absolute atomic E-state index is 13.6. The second-order valence-corrected chi connectivity index (χ2v) is 4.25. The van der Waals surface area contributed by atoms with Crippen molar-refractivity contribution in [1.82, 2.24) is 0 Å². The Bertz CT molecular complexity index is 383. The minimum Gasteiger partial charge on any atom is -0.495 e. The lowest BCUT2D eigenvalue weighted by Crippen LogP contribution is -2.29. The highest BCUT2D eigenvalue weighted by Crippen LogP contribution is 2.29. The van der Waals surface area contributed by atoms with E-state index in [1.807, 2.05) is 13.8 Å². The van der Waals surface area contributed by atoms with Crippen LogP contribution in [0.3, 0.4) is 0 Å². The Hall–Kier alpha value is -1.49. The Morgan fingerprint density at radius 2 is 2.12 bits per heavy atom. The molecule has 0 bridgehead atoms. The van der Waals surface area contributed by atoms with Crippen molar-refractivity contribution in [3.05, 3.63) is 17.9 Å². The van der Waals surface area contributed by atoms with Crippen LogP contribution in [0, 0.1) is 11.7 Å². The highest BCUT2D eigenvalue weighted by Gasteiger charge is 2.15. The van der Waals surface area contributed by atoms with Gasteiger partial charge in [0.1, 0.15) is 11.6 Å². The van der Waals surface area contributed by atoms with Crippen LogP contribution < -0.4 is 15.8 Å². The molecule has 96 valence electrons. The standard InChI is InChI=1S/C12H19FN2O2/c1-7(2)11(6-16)15-10-5-12(17-3)9(14)4-8(10)13/h4-5,7,11,15-16H,6,14H2,1-3H3. The molecule has 0 spiro atoms. The molecule has 0 fully saturated rings. The van der Waals surface area contributed by atoms with Crippen molar-refractivity contribution in [2.45, 2.75) is 19.9 Å². The summed E-state index contributed by atoms with van der Waals surface area (Å²) in [5, 5.41) is 12.1. The second-order valence-electron chi connectivity index (χ2n) is 4.25. The van der Waals surface area contributed by atoms with Gasteiger partial charge in [0.25, 0.3) is 0 Å². The van der Waals surface area contributed by atoms with Gasteiger partial charge in [-0.2, -0.15) is 0 Å². The zero-order valence-electron chi connectivity index (χ0n) is 10.3. The zero-order chi connectivity index (χ0) is 13.0. The monoisotopic (exact) mass is 242 g/mol. The van der Waals surface area contributed by atoms with E-state index >= 15 is 0 Å². The van der Waals surface area contributed by atoms with Gasteiger partial charge in [-0.15, -0.1) is 0 Å². The topological polar surface area (TPSA) is 67.5 Å². The average Bonchev–Trinajstić information content (AvgIpc) is 2.27. The van der Waals surface area contributed by atoms with Crippen LogP contribution in [0.5, 0.6) is 5.75 Å². The third kappa shape index (κ3) is 3.23. The molecule has 1 atom stereocenters. The molecule has 0 saturated carbocycles. The summed E-state index contributed by atoms with van der Waals surface area (Å²) in [6.45, 7) is 3.82. The summed E-state index contributed by atoms with van der Waals surface area (Å²) in [6, 6.07) is 2.49. The first-order chi connectivity index (χ1) is 7.99. The van der Waals surface area contributed by atoms with Crippen LogP contribution in [-0.4, -0.2) is 24.9 Å². The summed E-state index contributed by atoms with van der Waals surface area (Å²) in [5.41, 5.74) is 6.11. The van der Waals surface area contributed by atoms with Crippen molar-refractivity contribution in [2.24, 2.45) is 5.92 Å². The summed E-state index contributed by atoms with van der Waals surface area (Å²) in [4.78, 5) is 0. The number of benzene rings is 1. The van der Waals surface area contributed by atoms with E-state index in [-0.39, 0.29) is 29.9 Å². The Morgan fingerprint density at radius 1 is 1.47 bits per heavy atom. The molecule has 0 radical (unpaired) electrons. The van der Waals surface area contributed by atoms with Gasteiger partial charge in [-0.05, 0) is 5.92 Å². The molecular formula is C12H19FN2O2. The van der Waals surface area contributed by atoms with Gasteiger partial charge in [-0.25, -0.2) is 4.39 Å². The van der Waals surface area contributed by atoms with Gasteiger partial charge < -0.3 is 20.9 Å². The van der Waals surface area contributed by atoms with Crippen molar-refractivity contribution in [3.8, 4) is 5.75 Å². The largest absolute Gasteiger partial charge is 0.495 e. The van der Waals surface area contributed by atoms with Crippen LogP contribution in [0.2, 0.25) is 0 Å². The van der Waals surface area contributed by atoms with Crippen molar-refractivity contribution in [1.29, 1.82) is 0 Å². The maximum atomic E-state index is 13.6. The SMILES string of the molecule is COc1cc(NC(CO)C(C)C)c(F)cc1N. The van der Waals surface area contributed by atoms with E-state index in [1.54, 1.807) is 0 Å². The van der Waals surface area contributed by atoms with Gasteiger partial charge in [0.15, 0.2) is 0 Å². The first-order valence-electron chi connectivity index (χ1n) is 5.50. The lowest BCUT2D eigenvalue weighted by atomic mass is 10.0. The third-order valence-electron chi connectivity index (χ3n) is 2.66. The van der Waals surface area contributed by atoms with Crippen molar-refractivity contribution in [3.63, 3.8) is 0 Å². The number of ether oxygens (including phenoxy) is 1. The number of nitrogens with two attached hydrogens (primary N) is 1. The van der Waals surface area contributed by atoms with E-state index < -0.39 is 5.82 Å². The number of aliphatic hydroxyl groups excluding tert-OH is 1. The number of rotatable bonds is 5. The minimum absolute atomic E-state index is 0.0657. The van der Waals surface area contributed by atoms with Crippen molar-refractivity contribution < 1.29 is 14.2 Å². The van der Waals surface area contributed by atoms with Crippen LogP contribution >= 0.6 is 0 Å². The van der Waals surface area contributed by atoms with Gasteiger partial charge in [0.2, 0.25) is 0 Å². The molecule has 1 aromatic carbocycles. The molecule has 1 aromatic rings. The summed E-state index contributed by atoms with van der Waals surface area (Å²) >= 11 is 0. The third-order valence-corrected chi connectivity index (χ3v) is 2.66. The Balaban J connectivity index is 2.97. The number of hydrogen-bond acceptors (Lipinski definition) is 4. The molecule has 1 rings (SSSR count). The van der Waals surface area contributed by atoms with E-state index in [4.69, 9.17) is 10.5 Å². The van der Waals surface area contributed by atoms with Gasteiger partial charge in [-0.3, -0.25) is 0 Å². The molecule has 0 saturated heterocycles. The molecule has 0 aliphatic carbocycles. The van der Waals surface area contributed by atoms with Gasteiger partial charge >= 0.3 is 0 Å². The fourth-order valence-electron chi connectivity index (χ4n) is 1.48. The molecule has 4 N–H and O–H groups in total. The molecule has 17 heavy (non-hydrogen) atoms. The lowest BCUT2D eigenvalue weighted by Gasteiger charge is -2.22. The number of halogens is 1. The molecule has 1 unspecified atom stereocenters. The van der Waals surface area contributed by atoms with E-state index in [0.29, 0.717) is 5.75 Å². The Labute approximate surface area is 101 Å². The van der Waals surface area contributed by atoms with Gasteiger partial charge in [0, 0.05) is 12.1 Å². The summed E-state index contributed by atoms with van der Waals surface area (Å²) in [5.74, 6) is 0.139. The van der Waals surface area contributed by atoms with Crippen molar-refractivity contribution in [2.75, 3.05) is 24.8 Å². The predicted octanol–water partition coefficient (Wildman–Crippen LogP) is 1.85. The summed E-state index contributed by atoms with van der Waals surface area (Å²) in [7, 11) is 1.47. The first kappa shape index (κ1) is 13.6. The normalized spacial score (nSPS) is 12.6. The number of anilines is 2. The highest BCUT2D eigenvalue weighted by molar-refractivity contribution is 5.62. The Morgan fingerprint density at radius 3 is 2.59 bits per heavy atom. The quantitative estimate of drug-likeness (QED) is 0.689. The molecular weight excluding hydrogens is 223 g/mol. The minimum atomic E-state index is -0.456. The molecule has 0 aromatic heterocycles. The maximum Gasteiger partial charge on any atom is 0.148 e. The number of methoxy groups -OCH3 is 1. The lowest BCUT2D eigenvalue weighted by molar-refractivity contribution is 0.249. The molecule has 0 aliphatic rings. The number of nitrogens with one attached hydrogen (secondary N) is 1. The van der Waals surface area contributed by atoms with E-state index in [1.165, 1.54) is 19.2 Å². The Kier molecular flexibility index (Phi) is 4.57. The smallest absolute Gasteiger partial charge is 0.148 e. The first-order valence-corrected chi connectivity index (χ1v) is 5.50. The molecule has 4 nitrogen and oxygen atoms in total. The second kappa shape index (κ2) is 5.72. The summed E-state index contributed by atoms with van der Waals surface area (Å²) in [6.07, 6.45) is 0.